The van der Waals surface area contributed by atoms with Gasteiger partial charge in [0.2, 0.25) is 5.75 Å². The fourth-order valence-electron chi connectivity index (χ4n) is 5.80. The molecule has 0 aliphatic carbocycles. The molecule has 360 valence electrons. The molecule has 0 aliphatic rings. The molecule has 0 fully saturated rings. The van der Waals surface area contributed by atoms with Gasteiger partial charge in [0.15, 0.2) is 11.5 Å². The van der Waals surface area contributed by atoms with E-state index in [1.54, 1.807) is 0 Å². The van der Waals surface area contributed by atoms with E-state index in [0.717, 1.165) is 37.4 Å². The third kappa shape index (κ3) is 12.0. The standard InChI is InChI=1S/C30H26N8O23S6/c1-32-36-26-22(66(51,52)53)10-14-13(27(26)39)3-4-16(30(14)67(54,55)56)33-34-17-11-21(65(48,49)50)15-9-20(63-61-59-44)25(28(40)23(15)24(17)31)37-35-18-7-12(62-60-58-43)8-19(38(41)42)29(18)57-5-2-6-64(45,46)47/h3-4,7-11,39-40,43-44H,2,5-6,31H2,1H3,(H,45,46,47)(H,48,49,50)(H,51,52,53)(H,54,55,56). The highest BCUT2D eigenvalue weighted by Gasteiger charge is 2.30. The molecule has 0 radical (unpaired) electrons. The Labute approximate surface area is 381 Å². The Bertz CT molecular complexity index is 3370. The Morgan fingerprint density at radius 1 is 0.701 bits per heavy atom. The molecular formula is C30H26N8O23S6. The Balaban J connectivity index is 1.79. The van der Waals surface area contributed by atoms with Gasteiger partial charge >= 0.3 is 5.69 Å². The van der Waals surface area contributed by atoms with E-state index in [1.165, 1.54) is 0 Å². The number of nitro benzene ring substituents is 1. The summed E-state index contributed by atoms with van der Waals surface area (Å²) in [4.78, 5) is 6.79. The maximum Gasteiger partial charge on any atom is 0.314 e. The largest absolute Gasteiger partial charge is 0.505 e. The lowest BCUT2D eigenvalue weighted by Gasteiger charge is -2.15. The van der Waals surface area contributed by atoms with E-state index in [2.05, 4.69) is 49.4 Å². The van der Waals surface area contributed by atoms with E-state index in [4.69, 9.17) is 25.5 Å². The van der Waals surface area contributed by atoms with Gasteiger partial charge in [-0.3, -0.25) is 28.3 Å². The van der Waals surface area contributed by atoms with Crippen molar-refractivity contribution in [3.63, 3.8) is 0 Å². The van der Waals surface area contributed by atoms with E-state index >= 15 is 0 Å². The molecule has 31 nitrogen and oxygen atoms in total. The smallest absolute Gasteiger partial charge is 0.314 e. The average Bonchev–Trinajstić information content (AvgIpc) is 3.22. The molecule has 0 aromatic heterocycles. The highest BCUT2D eigenvalue weighted by molar-refractivity contribution is 7.95. The number of fused-ring (bicyclic) bond motifs is 2. The lowest BCUT2D eigenvalue weighted by molar-refractivity contribution is -0.432. The van der Waals surface area contributed by atoms with Crippen molar-refractivity contribution in [2.75, 3.05) is 25.1 Å². The van der Waals surface area contributed by atoms with Gasteiger partial charge in [0.25, 0.3) is 40.5 Å². The lowest BCUT2D eigenvalue weighted by atomic mass is 10.0. The predicted octanol–water partition coefficient (Wildman–Crippen LogP) is 6.69. The molecule has 67 heavy (non-hydrogen) atoms. The zero-order valence-electron chi connectivity index (χ0n) is 32.5. The van der Waals surface area contributed by atoms with Gasteiger partial charge in [-0.05, 0) is 42.8 Å². The second-order valence-corrected chi connectivity index (χ2v) is 19.7. The highest BCUT2D eigenvalue weighted by atomic mass is 32.2. The first kappa shape index (κ1) is 52.1. The number of aromatic hydroxyl groups is 2. The number of phenolic OH excluding ortho intramolecular Hbond substituents is 2. The Hall–Kier alpha value is -5.88. The van der Waals surface area contributed by atoms with Crippen LogP contribution in [0.4, 0.5) is 39.8 Å². The molecule has 10 N–H and O–H groups in total. The van der Waals surface area contributed by atoms with Gasteiger partial charge < -0.3 is 20.7 Å². The summed E-state index contributed by atoms with van der Waals surface area (Å²) in [5, 5.41) is 78.5. The first-order valence-electron chi connectivity index (χ1n) is 16.9. The van der Waals surface area contributed by atoms with Crippen LogP contribution in [0.5, 0.6) is 17.2 Å². The van der Waals surface area contributed by atoms with Gasteiger partial charge in [0.1, 0.15) is 43.1 Å². The predicted molar refractivity (Wildman–Crippen MR) is 225 cm³/mol. The molecule has 0 unspecified atom stereocenters. The Morgan fingerprint density at radius 3 is 1.91 bits per heavy atom. The summed E-state index contributed by atoms with van der Waals surface area (Å²) in [6, 6.07) is 5.40. The van der Waals surface area contributed by atoms with Gasteiger partial charge in [0, 0.05) is 34.2 Å². The minimum Gasteiger partial charge on any atom is -0.505 e. The van der Waals surface area contributed by atoms with Gasteiger partial charge in [-0.15, -0.1) is 29.1 Å². The number of nitrogen functional groups attached to an aromatic ring is 1. The Kier molecular flexibility index (Phi) is 16.0. The van der Waals surface area contributed by atoms with Crippen LogP contribution in [0.15, 0.2) is 97.6 Å². The van der Waals surface area contributed by atoms with Crippen molar-refractivity contribution >= 4 is 126 Å². The van der Waals surface area contributed by atoms with Crippen LogP contribution in [-0.2, 0) is 59.2 Å². The highest BCUT2D eigenvalue weighted by Crippen LogP contribution is 2.51. The normalized spacial score (nSPS) is 12.9. The summed E-state index contributed by atoms with van der Waals surface area (Å²) < 4.78 is 152. The van der Waals surface area contributed by atoms with Crippen molar-refractivity contribution < 1.29 is 101 Å². The minimum atomic E-state index is -5.50. The summed E-state index contributed by atoms with van der Waals surface area (Å²) in [5.74, 6) is -3.77. The van der Waals surface area contributed by atoms with E-state index < -0.39 is 162 Å². The molecule has 0 atom stereocenters. The van der Waals surface area contributed by atoms with Crippen LogP contribution in [0.2, 0.25) is 0 Å². The number of ether oxygens (including phenoxy) is 1. The minimum absolute atomic E-state index is 0.00897. The van der Waals surface area contributed by atoms with Crippen molar-refractivity contribution in [1.29, 1.82) is 0 Å². The number of phenols is 2. The van der Waals surface area contributed by atoms with E-state index in [9.17, 15) is 67.7 Å². The number of nitrogens with zero attached hydrogens (tertiary/aromatic N) is 7. The molecule has 5 aromatic rings. The van der Waals surface area contributed by atoms with Gasteiger partial charge in [-0.2, -0.15) is 43.9 Å². The summed E-state index contributed by atoms with van der Waals surface area (Å²) in [6.45, 7) is -0.603. The number of nitrogens with two attached hydrogens (primary N) is 1. The summed E-state index contributed by atoms with van der Waals surface area (Å²) in [6.07, 6.45) is -0.422. The first-order valence-corrected chi connectivity index (χ1v) is 24.3. The Morgan fingerprint density at radius 2 is 1.33 bits per heavy atom. The van der Waals surface area contributed by atoms with Gasteiger partial charge in [-0.1, -0.05) is 10.1 Å². The van der Waals surface area contributed by atoms with Crippen molar-refractivity contribution in [2.24, 2.45) is 30.7 Å². The lowest BCUT2D eigenvalue weighted by Crippen LogP contribution is -2.09. The second-order valence-electron chi connectivity index (χ2n) is 12.5. The molecule has 0 spiro atoms. The monoisotopic (exact) mass is 1060 g/mol. The fourth-order valence-corrected chi connectivity index (χ4v) is 9.37. The quantitative estimate of drug-likeness (QED) is 0.00572. The van der Waals surface area contributed by atoms with Crippen LogP contribution >= 0.6 is 24.1 Å². The molecule has 5 aromatic carbocycles. The molecule has 0 aliphatic heterocycles. The van der Waals surface area contributed by atoms with Crippen LogP contribution in [0, 0.1) is 10.1 Å². The number of nitro groups is 1. The maximum atomic E-state index is 12.8. The van der Waals surface area contributed by atoms with Crippen molar-refractivity contribution in [3.05, 3.63) is 52.6 Å². The molecule has 0 saturated carbocycles. The molecule has 0 saturated heterocycles. The second kappa shape index (κ2) is 20.6. The summed E-state index contributed by atoms with van der Waals surface area (Å²) in [5.41, 5.74) is 0.795. The maximum absolute atomic E-state index is 12.8. The first-order chi connectivity index (χ1) is 31.2. The number of hydrogen-bond acceptors (Lipinski definition) is 28. The van der Waals surface area contributed by atoms with Crippen LogP contribution in [0.1, 0.15) is 6.42 Å². The number of azo groups is 3. The van der Waals surface area contributed by atoms with Crippen molar-refractivity contribution in [1.82, 2.24) is 0 Å². The van der Waals surface area contributed by atoms with E-state index in [-0.39, 0.29) is 29.0 Å². The van der Waals surface area contributed by atoms with Gasteiger partial charge in [0.05, 0.1) is 57.3 Å². The molecule has 0 amide bonds. The van der Waals surface area contributed by atoms with Crippen LogP contribution in [-0.4, -0.2) is 96.9 Å². The van der Waals surface area contributed by atoms with Crippen molar-refractivity contribution in [3.8, 4) is 17.2 Å². The fraction of sp³-hybridized carbons (Fsp3) is 0.133. The van der Waals surface area contributed by atoms with E-state index in [0.29, 0.717) is 12.1 Å². The number of hydrogen-bond donors (Lipinski definition) is 9. The molecule has 0 bridgehead atoms. The summed E-state index contributed by atoms with van der Waals surface area (Å²) >= 11 is 0.194. The third-order valence-electron chi connectivity index (χ3n) is 8.35. The van der Waals surface area contributed by atoms with Crippen LogP contribution in [0.25, 0.3) is 21.5 Å². The number of benzene rings is 5. The number of anilines is 1. The zero-order chi connectivity index (χ0) is 49.8. The molecule has 5 rings (SSSR count). The van der Waals surface area contributed by atoms with Crippen molar-refractivity contribution in [2.45, 2.75) is 30.9 Å². The van der Waals surface area contributed by atoms with Crippen LogP contribution in [0.3, 0.4) is 0 Å². The zero-order valence-corrected chi connectivity index (χ0v) is 37.4. The summed E-state index contributed by atoms with van der Waals surface area (Å²) in [7, 11) is -19.6. The average molecular weight is 1060 g/mol. The SMILES string of the molecule is CN=Nc1c(S(=O)(=O)O)cc2c(S(=O)(=O)O)c(N=Nc3cc(S(=O)(=O)O)c4cc(SOOO)c(N=Nc5cc(SOOO)cc([N+](=O)[O-])c5OCCCS(=O)(=O)O)c(O)c4c3N)ccc2c1O. The van der Waals surface area contributed by atoms with E-state index in [1.807, 2.05) is 0 Å². The van der Waals surface area contributed by atoms with Crippen LogP contribution < -0.4 is 10.5 Å². The molecular weight excluding hydrogens is 1030 g/mol. The van der Waals surface area contributed by atoms with Gasteiger partial charge in [-0.25, -0.2) is 10.5 Å². The molecule has 0 heterocycles. The third-order valence-corrected chi connectivity index (χ3v) is 13.0. The topological polar surface area (TPSA) is 488 Å². The molecule has 37 heteroatoms. The number of rotatable bonds is 20.